The Morgan fingerprint density at radius 3 is 1.38 bits per heavy atom. The maximum absolute atomic E-state index is 12.8. The molecule has 1 atom stereocenters. The molecular formula is C46H93N3O4. The average Bonchev–Trinajstić information content (AvgIpc) is 3.14. The van der Waals surface area contributed by atoms with Gasteiger partial charge in [0, 0.05) is 25.9 Å². The first kappa shape index (κ1) is 51.8. The van der Waals surface area contributed by atoms with Gasteiger partial charge in [-0.25, -0.2) is 0 Å². The monoisotopic (exact) mass is 752 g/mol. The van der Waals surface area contributed by atoms with Crippen molar-refractivity contribution in [3.8, 4) is 0 Å². The second kappa shape index (κ2) is 42.0. The average molecular weight is 752 g/mol. The molecule has 0 fully saturated rings. The van der Waals surface area contributed by atoms with Gasteiger partial charge in [-0.2, -0.15) is 0 Å². The van der Waals surface area contributed by atoms with Crippen LogP contribution in [0.5, 0.6) is 0 Å². The lowest BCUT2D eigenvalue weighted by Gasteiger charge is -2.23. The van der Waals surface area contributed by atoms with E-state index in [1.54, 1.807) is 0 Å². The summed E-state index contributed by atoms with van der Waals surface area (Å²) >= 11 is 0. The van der Waals surface area contributed by atoms with Crippen LogP contribution in [0.3, 0.4) is 0 Å². The van der Waals surface area contributed by atoms with Crippen LogP contribution in [0.15, 0.2) is 0 Å². The fraction of sp³-hybridized carbons (Fsp3) is 0.957. The Labute approximate surface area is 330 Å². The molecule has 53 heavy (non-hydrogen) atoms. The van der Waals surface area contributed by atoms with Crippen LogP contribution < -0.4 is 11.1 Å². The largest absolute Gasteiger partial charge is 0.466 e. The van der Waals surface area contributed by atoms with Crippen LogP contribution in [-0.4, -0.2) is 61.9 Å². The van der Waals surface area contributed by atoms with E-state index >= 15 is 0 Å². The first-order chi connectivity index (χ1) is 25.9. The molecule has 0 aromatic carbocycles. The van der Waals surface area contributed by atoms with E-state index in [1.807, 2.05) is 6.92 Å². The van der Waals surface area contributed by atoms with E-state index in [1.165, 1.54) is 154 Å². The zero-order chi connectivity index (χ0) is 38.9. The van der Waals surface area contributed by atoms with E-state index < -0.39 is 0 Å². The van der Waals surface area contributed by atoms with Gasteiger partial charge < -0.3 is 25.4 Å². The number of carbonyl (C=O) groups is 2. The van der Waals surface area contributed by atoms with Gasteiger partial charge in [-0.15, -0.1) is 0 Å². The Bertz CT molecular complexity index is 749. The predicted octanol–water partition coefficient (Wildman–Crippen LogP) is 12.6. The number of nitrogens with one attached hydrogen (secondary N) is 1. The number of esters is 2. The molecular weight excluding hydrogens is 659 g/mol. The molecule has 316 valence electrons. The zero-order valence-electron chi connectivity index (χ0n) is 36.2. The molecule has 1 unspecified atom stereocenters. The van der Waals surface area contributed by atoms with Gasteiger partial charge in [0.2, 0.25) is 0 Å². The van der Waals surface area contributed by atoms with Crippen LogP contribution in [0.4, 0.5) is 0 Å². The summed E-state index contributed by atoms with van der Waals surface area (Å²) in [5.41, 5.74) is 5.93. The molecule has 0 saturated heterocycles. The van der Waals surface area contributed by atoms with E-state index in [4.69, 9.17) is 15.2 Å². The molecule has 0 rings (SSSR count). The minimum Gasteiger partial charge on any atom is -0.466 e. The molecule has 0 aliphatic carbocycles. The standard InChI is InChI=1S/C46H93N3O4/c1-5-8-11-14-17-26-33-42-52-45(50)36-29-22-18-24-31-39-49(41-38-48-43(4)47)40-32-25-19-23-30-37-46(51)53-44(34-27-20-15-12-9-6-2)35-28-21-16-13-10-7-3/h43-44,48H,5-42,47H2,1-4H3. The number of ether oxygens (including phenoxy) is 2. The first-order valence-corrected chi connectivity index (χ1v) is 23.5. The Kier molecular flexibility index (Phi) is 41.0. The highest BCUT2D eigenvalue weighted by atomic mass is 16.5. The van der Waals surface area contributed by atoms with E-state index in [-0.39, 0.29) is 24.2 Å². The van der Waals surface area contributed by atoms with Crippen molar-refractivity contribution in [2.24, 2.45) is 5.73 Å². The van der Waals surface area contributed by atoms with Crippen molar-refractivity contribution in [3.05, 3.63) is 0 Å². The smallest absolute Gasteiger partial charge is 0.306 e. The minimum atomic E-state index is -0.0185. The highest BCUT2D eigenvalue weighted by Crippen LogP contribution is 2.18. The molecule has 3 N–H and O–H groups in total. The van der Waals surface area contributed by atoms with Gasteiger partial charge in [0.25, 0.3) is 0 Å². The van der Waals surface area contributed by atoms with E-state index in [2.05, 4.69) is 31.0 Å². The van der Waals surface area contributed by atoms with Crippen LogP contribution in [0.1, 0.15) is 240 Å². The number of nitrogens with two attached hydrogens (primary N) is 1. The number of hydrogen-bond donors (Lipinski definition) is 2. The van der Waals surface area contributed by atoms with Gasteiger partial charge in [-0.3, -0.25) is 9.59 Å². The highest BCUT2D eigenvalue weighted by Gasteiger charge is 2.14. The third kappa shape index (κ3) is 40.3. The van der Waals surface area contributed by atoms with Crippen molar-refractivity contribution in [1.82, 2.24) is 10.2 Å². The molecule has 0 heterocycles. The van der Waals surface area contributed by atoms with Crippen molar-refractivity contribution in [2.75, 3.05) is 32.8 Å². The van der Waals surface area contributed by atoms with Crippen molar-refractivity contribution < 1.29 is 19.1 Å². The predicted molar refractivity (Wildman–Crippen MR) is 228 cm³/mol. The molecule has 7 heteroatoms. The summed E-state index contributed by atoms with van der Waals surface area (Å²) in [6.45, 7) is 13.5. The SMILES string of the molecule is CCCCCCCCCOC(=O)CCCCCCCN(CCCCCCCC(=O)OC(CCCCCCCC)CCCCCCCC)CCNC(C)N. The fourth-order valence-corrected chi connectivity index (χ4v) is 7.18. The highest BCUT2D eigenvalue weighted by molar-refractivity contribution is 5.69. The van der Waals surface area contributed by atoms with Crippen LogP contribution in [0, 0.1) is 0 Å². The molecule has 7 nitrogen and oxygen atoms in total. The van der Waals surface area contributed by atoms with E-state index in [0.29, 0.717) is 19.4 Å². The maximum Gasteiger partial charge on any atom is 0.306 e. The molecule has 0 aromatic rings. The number of rotatable bonds is 43. The van der Waals surface area contributed by atoms with Crippen LogP contribution in [0.2, 0.25) is 0 Å². The lowest BCUT2D eigenvalue weighted by molar-refractivity contribution is -0.150. The Hall–Kier alpha value is -1.18. The summed E-state index contributed by atoms with van der Waals surface area (Å²) in [7, 11) is 0. The number of hydrogen-bond acceptors (Lipinski definition) is 7. The topological polar surface area (TPSA) is 93.9 Å². The van der Waals surface area contributed by atoms with Crippen LogP contribution in [0.25, 0.3) is 0 Å². The summed E-state index contributed by atoms with van der Waals surface area (Å²) in [6, 6.07) is 0. The number of unbranched alkanes of at least 4 members (excludes halogenated alkanes) is 24. The molecule has 0 aliphatic rings. The van der Waals surface area contributed by atoms with Crippen molar-refractivity contribution in [1.29, 1.82) is 0 Å². The quantitative estimate of drug-likeness (QED) is 0.0364. The van der Waals surface area contributed by atoms with E-state index in [0.717, 1.165) is 71.1 Å². The van der Waals surface area contributed by atoms with Gasteiger partial charge in [0.1, 0.15) is 6.10 Å². The maximum atomic E-state index is 12.8. The minimum absolute atomic E-state index is 0.0185. The first-order valence-electron chi connectivity index (χ1n) is 23.5. The number of carbonyl (C=O) groups excluding carboxylic acids is 2. The summed E-state index contributed by atoms with van der Waals surface area (Å²) < 4.78 is 11.5. The molecule has 0 amide bonds. The summed E-state index contributed by atoms with van der Waals surface area (Å²) in [5, 5.41) is 3.37. The lowest BCUT2D eigenvalue weighted by atomic mass is 10.0. The van der Waals surface area contributed by atoms with Gasteiger partial charge >= 0.3 is 11.9 Å². The molecule has 0 spiro atoms. The fourth-order valence-electron chi connectivity index (χ4n) is 7.18. The van der Waals surface area contributed by atoms with Crippen molar-refractivity contribution >= 4 is 11.9 Å². The Balaban J connectivity index is 4.17. The molecule has 0 radical (unpaired) electrons. The van der Waals surface area contributed by atoms with Crippen molar-refractivity contribution in [2.45, 2.75) is 252 Å². The van der Waals surface area contributed by atoms with Crippen molar-refractivity contribution in [3.63, 3.8) is 0 Å². The zero-order valence-corrected chi connectivity index (χ0v) is 36.2. The van der Waals surface area contributed by atoms with Gasteiger partial charge in [-0.1, -0.05) is 162 Å². The van der Waals surface area contributed by atoms with Crippen LogP contribution in [-0.2, 0) is 19.1 Å². The molecule has 0 bridgehead atoms. The normalized spacial score (nSPS) is 12.2. The summed E-state index contributed by atoms with van der Waals surface area (Å²) in [4.78, 5) is 27.4. The summed E-state index contributed by atoms with van der Waals surface area (Å²) in [6.07, 6.45) is 38.8. The molecule has 0 aromatic heterocycles. The lowest BCUT2D eigenvalue weighted by Crippen LogP contribution is -2.40. The van der Waals surface area contributed by atoms with Crippen LogP contribution >= 0.6 is 0 Å². The second-order valence-electron chi connectivity index (χ2n) is 16.2. The third-order valence-corrected chi connectivity index (χ3v) is 10.7. The van der Waals surface area contributed by atoms with E-state index in [9.17, 15) is 9.59 Å². The second-order valence-corrected chi connectivity index (χ2v) is 16.2. The Morgan fingerprint density at radius 1 is 0.509 bits per heavy atom. The van der Waals surface area contributed by atoms with Gasteiger partial charge in [0.05, 0.1) is 12.8 Å². The molecule has 0 saturated carbocycles. The summed E-state index contributed by atoms with van der Waals surface area (Å²) in [5.74, 6) is 0.00785. The number of nitrogens with zero attached hydrogens (tertiary/aromatic N) is 1. The third-order valence-electron chi connectivity index (χ3n) is 10.7. The van der Waals surface area contributed by atoms with Gasteiger partial charge in [-0.05, 0) is 77.8 Å². The Morgan fingerprint density at radius 2 is 0.906 bits per heavy atom. The van der Waals surface area contributed by atoms with Gasteiger partial charge in [0.15, 0.2) is 0 Å². The molecule has 0 aliphatic heterocycles.